The average Bonchev–Trinajstić information content (AvgIpc) is 2.00. The van der Waals surface area contributed by atoms with Crippen molar-refractivity contribution in [2.75, 3.05) is 0 Å². The van der Waals surface area contributed by atoms with Crippen LogP contribution in [0.1, 0.15) is 34.1 Å². The van der Waals surface area contributed by atoms with Crippen LogP contribution in [-0.4, -0.2) is 5.54 Å². The fraction of sp³-hybridized carbons (Fsp3) is 0.636. The molecule has 0 aromatic rings. The number of nitriles is 2. The van der Waals surface area contributed by atoms with Crippen molar-refractivity contribution in [3.05, 3.63) is 12.3 Å². The van der Waals surface area contributed by atoms with E-state index in [2.05, 4.69) is 32.7 Å². The van der Waals surface area contributed by atoms with Crippen LogP contribution >= 0.6 is 0 Å². The minimum absolute atomic E-state index is 0.107. The lowest BCUT2D eigenvalue weighted by Crippen LogP contribution is -2.39. The minimum atomic E-state index is -1.16. The molecule has 0 bridgehead atoms. The summed E-state index contributed by atoms with van der Waals surface area (Å²) in [5, 5.41) is 20.3. The van der Waals surface area contributed by atoms with Gasteiger partial charge in [-0.2, -0.15) is 10.5 Å². The molecule has 14 heavy (non-hydrogen) atoms. The van der Waals surface area contributed by atoms with Crippen LogP contribution in [0.25, 0.3) is 0 Å². The first-order valence-corrected chi connectivity index (χ1v) is 4.51. The Bertz CT molecular complexity index is 282. The largest absolute Gasteiger partial charge is 0.360 e. The predicted octanol–water partition coefficient (Wildman–Crippen LogP) is 2.33. The molecule has 0 unspecified atom stereocenters. The number of hydrogen-bond donors (Lipinski definition) is 1. The maximum Gasteiger partial charge on any atom is 0.209 e. The molecule has 0 heterocycles. The van der Waals surface area contributed by atoms with Crippen LogP contribution < -0.4 is 5.32 Å². The first-order valence-electron chi connectivity index (χ1n) is 4.51. The van der Waals surface area contributed by atoms with Crippen molar-refractivity contribution in [1.29, 1.82) is 10.5 Å². The fourth-order valence-electron chi connectivity index (χ4n) is 1.12. The summed E-state index contributed by atoms with van der Waals surface area (Å²) in [5.74, 6) is 0. The summed E-state index contributed by atoms with van der Waals surface area (Å²) in [6.07, 6.45) is 0.742. The molecule has 0 aliphatic carbocycles. The molecule has 0 fully saturated rings. The Hall–Kier alpha value is -1.48. The number of nitrogens with one attached hydrogen (secondary N) is 1. The Kier molecular flexibility index (Phi) is 3.71. The van der Waals surface area contributed by atoms with Crippen LogP contribution in [0.15, 0.2) is 12.3 Å². The number of hydrogen-bond acceptors (Lipinski definition) is 3. The maximum atomic E-state index is 8.76. The topological polar surface area (TPSA) is 59.6 Å². The molecule has 0 amide bonds. The van der Waals surface area contributed by atoms with Gasteiger partial charge in [0.25, 0.3) is 0 Å². The van der Waals surface area contributed by atoms with Crippen molar-refractivity contribution < 1.29 is 0 Å². The molecular weight excluding hydrogens is 174 g/mol. The Morgan fingerprint density at radius 1 is 1.21 bits per heavy atom. The molecule has 76 valence electrons. The SMILES string of the molecule is C=C(CC(C)(C)C)NC(C)(C#N)C#N. The molecule has 0 saturated carbocycles. The van der Waals surface area contributed by atoms with Gasteiger partial charge >= 0.3 is 0 Å². The second-order valence-electron chi connectivity index (χ2n) is 4.81. The van der Waals surface area contributed by atoms with Crippen molar-refractivity contribution in [1.82, 2.24) is 5.32 Å². The summed E-state index contributed by atoms with van der Waals surface area (Å²) in [6, 6.07) is 3.82. The summed E-state index contributed by atoms with van der Waals surface area (Å²) in [6.45, 7) is 11.6. The van der Waals surface area contributed by atoms with Gasteiger partial charge in [0.2, 0.25) is 5.54 Å². The first-order chi connectivity index (χ1) is 6.22. The van der Waals surface area contributed by atoms with E-state index in [1.54, 1.807) is 6.92 Å². The van der Waals surface area contributed by atoms with Crippen molar-refractivity contribution in [3.63, 3.8) is 0 Å². The van der Waals surface area contributed by atoms with Gasteiger partial charge in [-0.1, -0.05) is 27.4 Å². The highest BCUT2D eigenvalue weighted by Crippen LogP contribution is 2.22. The van der Waals surface area contributed by atoms with E-state index in [4.69, 9.17) is 10.5 Å². The van der Waals surface area contributed by atoms with Crippen LogP contribution in [-0.2, 0) is 0 Å². The predicted molar refractivity (Wildman–Crippen MR) is 56.0 cm³/mol. The summed E-state index contributed by atoms with van der Waals surface area (Å²) < 4.78 is 0. The van der Waals surface area contributed by atoms with Gasteiger partial charge in [0, 0.05) is 5.70 Å². The summed E-state index contributed by atoms with van der Waals surface area (Å²) >= 11 is 0. The monoisotopic (exact) mass is 191 g/mol. The van der Waals surface area contributed by atoms with Gasteiger partial charge in [-0.15, -0.1) is 0 Å². The molecule has 0 aromatic carbocycles. The third kappa shape index (κ3) is 4.52. The molecule has 3 nitrogen and oxygen atoms in total. The average molecular weight is 191 g/mol. The Balaban J connectivity index is 4.37. The zero-order valence-electron chi connectivity index (χ0n) is 9.31. The quantitative estimate of drug-likeness (QED) is 0.744. The minimum Gasteiger partial charge on any atom is -0.360 e. The maximum absolute atomic E-state index is 8.76. The molecule has 0 atom stereocenters. The van der Waals surface area contributed by atoms with E-state index < -0.39 is 5.54 Å². The van der Waals surface area contributed by atoms with Gasteiger partial charge in [-0.25, -0.2) is 0 Å². The van der Waals surface area contributed by atoms with Crippen LogP contribution in [0.4, 0.5) is 0 Å². The highest BCUT2D eigenvalue weighted by atomic mass is 15.0. The molecule has 0 saturated heterocycles. The molecule has 0 aliphatic rings. The Morgan fingerprint density at radius 2 is 1.64 bits per heavy atom. The highest BCUT2D eigenvalue weighted by Gasteiger charge is 2.24. The molecule has 0 aliphatic heterocycles. The van der Waals surface area contributed by atoms with Crippen LogP contribution in [0.3, 0.4) is 0 Å². The lowest BCUT2D eigenvalue weighted by molar-refractivity contribution is 0.391. The molecule has 0 radical (unpaired) electrons. The summed E-state index contributed by atoms with van der Waals surface area (Å²) in [4.78, 5) is 0. The first kappa shape index (κ1) is 12.5. The van der Waals surface area contributed by atoms with E-state index in [1.807, 2.05) is 12.1 Å². The Labute approximate surface area is 86.0 Å². The van der Waals surface area contributed by atoms with E-state index in [0.717, 1.165) is 12.1 Å². The van der Waals surface area contributed by atoms with Crippen molar-refractivity contribution in [2.45, 2.75) is 39.7 Å². The van der Waals surface area contributed by atoms with Crippen molar-refractivity contribution in [3.8, 4) is 12.1 Å². The zero-order valence-corrected chi connectivity index (χ0v) is 9.31. The van der Waals surface area contributed by atoms with Crippen LogP contribution in [0, 0.1) is 28.1 Å². The fourth-order valence-corrected chi connectivity index (χ4v) is 1.12. The van der Waals surface area contributed by atoms with Gasteiger partial charge in [0.05, 0.1) is 0 Å². The highest BCUT2D eigenvalue weighted by molar-refractivity contribution is 5.23. The van der Waals surface area contributed by atoms with Gasteiger partial charge in [-0.05, 0) is 18.8 Å². The van der Waals surface area contributed by atoms with E-state index in [9.17, 15) is 0 Å². The van der Waals surface area contributed by atoms with Gasteiger partial charge in [0.1, 0.15) is 12.1 Å². The smallest absolute Gasteiger partial charge is 0.209 e. The summed E-state index contributed by atoms with van der Waals surface area (Å²) in [5.41, 5.74) is -0.332. The van der Waals surface area contributed by atoms with Gasteiger partial charge < -0.3 is 5.32 Å². The third-order valence-electron chi connectivity index (χ3n) is 1.62. The number of nitrogens with zero attached hydrogens (tertiary/aromatic N) is 2. The molecule has 0 rings (SSSR count). The lowest BCUT2D eigenvalue weighted by atomic mass is 9.90. The molecule has 0 aromatic heterocycles. The molecule has 0 spiro atoms. The van der Waals surface area contributed by atoms with E-state index in [1.165, 1.54) is 0 Å². The van der Waals surface area contributed by atoms with E-state index in [-0.39, 0.29) is 5.41 Å². The van der Waals surface area contributed by atoms with E-state index in [0.29, 0.717) is 0 Å². The van der Waals surface area contributed by atoms with Crippen molar-refractivity contribution in [2.24, 2.45) is 5.41 Å². The Morgan fingerprint density at radius 3 is 1.93 bits per heavy atom. The second-order valence-corrected chi connectivity index (χ2v) is 4.81. The zero-order chi connectivity index (χ0) is 11.4. The number of rotatable bonds is 3. The van der Waals surface area contributed by atoms with Crippen LogP contribution in [0.2, 0.25) is 0 Å². The third-order valence-corrected chi connectivity index (χ3v) is 1.62. The van der Waals surface area contributed by atoms with E-state index >= 15 is 0 Å². The number of allylic oxidation sites excluding steroid dienone is 1. The second kappa shape index (κ2) is 4.15. The van der Waals surface area contributed by atoms with Crippen LogP contribution in [0.5, 0.6) is 0 Å². The van der Waals surface area contributed by atoms with Gasteiger partial charge in [0.15, 0.2) is 0 Å². The standard InChI is InChI=1S/C11H17N3/c1-9(6-10(2,3)4)14-11(5,7-12)8-13/h14H,1,6H2,2-5H3. The lowest BCUT2D eigenvalue weighted by Gasteiger charge is -2.24. The normalized spacial score (nSPS) is 11.3. The molecular formula is C11H17N3. The molecule has 3 heteroatoms. The van der Waals surface area contributed by atoms with Gasteiger partial charge in [-0.3, -0.25) is 0 Å². The summed E-state index contributed by atoms with van der Waals surface area (Å²) in [7, 11) is 0. The van der Waals surface area contributed by atoms with Crippen molar-refractivity contribution >= 4 is 0 Å². The molecule has 1 N–H and O–H groups in total.